The van der Waals surface area contributed by atoms with Gasteiger partial charge in [0.1, 0.15) is 17.0 Å². The molecule has 3 rings (SSSR count). The number of H-pyrrole nitrogens is 1. The van der Waals surface area contributed by atoms with Crippen LogP contribution in [0.4, 0.5) is 0 Å². The molecule has 2 aliphatic rings. The third-order valence-corrected chi connectivity index (χ3v) is 3.88. The maximum absolute atomic E-state index is 11.9. The van der Waals surface area contributed by atoms with Crippen molar-refractivity contribution in [3.63, 3.8) is 0 Å². The lowest BCUT2D eigenvalue weighted by Crippen LogP contribution is -2.14. The predicted molar refractivity (Wildman–Crippen MR) is 82.5 cm³/mol. The molecular weight excluding hydrogens is 298 g/mol. The van der Waals surface area contributed by atoms with E-state index < -0.39 is 5.97 Å². The van der Waals surface area contributed by atoms with Crippen LogP contribution in [0.5, 0.6) is 0 Å². The second kappa shape index (κ2) is 6.12. The molecule has 0 aliphatic carbocycles. The van der Waals surface area contributed by atoms with Crippen LogP contribution < -0.4 is 5.56 Å². The van der Waals surface area contributed by atoms with Crippen LogP contribution in [0.15, 0.2) is 40.0 Å². The van der Waals surface area contributed by atoms with Crippen LogP contribution in [-0.4, -0.2) is 27.8 Å². The SMILES string of the molecule is COC(=O)c1cn([C@H](C)CCc2ccco2)cc2c(=O)[nH]nc1-2. The zero-order chi connectivity index (χ0) is 16.4. The van der Waals surface area contributed by atoms with Gasteiger partial charge in [-0.3, -0.25) is 4.79 Å². The largest absolute Gasteiger partial charge is 0.469 e. The number of aryl methyl sites for hydroxylation is 1. The summed E-state index contributed by atoms with van der Waals surface area (Å²) in [6, 6.07) is 3.85. The Kier molecular flexibility index (Phi) is 4.01. The van der Waals surface area contributed by atoms with E-state index in [-0.39, 0.29) is 17.2 Å². The zero-order valence-electron chi connectivity index (χ0n) is 12.9. The molecule has 0 aromatic carbocycles. The number of carbonyl (C=O) groups is 1. The van der Waals surface area contributed by atoms with Gasteiger partial charge in [-0.05, 0) is 25.5 Å². The molecule has 0 saturated carbocycles. The first-order valence-electron chi connectivity index (χ1n) is 7.30. The fourth-order valence-corrected chi connectivity index (χ4v) is 2.53. The average molecular weight is 315 g/mol. The van der Waals surface area contributed by atoms with Crippen LogP contribution in [0, 0.1) is 0 Å². The zero-order valence-corrected chi connectivity index (χ0v) is 12.9. The number of nitrogens with zero attached hydrogens (tertiary/aromatic N) is 2. The summed E-state index contributed by atoms with van der Waals surface area (Å²) in [5.74, 6) is 0.383. The summed E-state index contributed by atoms with van der Waals surface area (Å²) >= 11 is 0. The first kappa shape index (κ1) is 15.1. The number of aromatic nitrogens is 3. The molecular formula is C16H17N3O4. The number of nitrogens with one attached hydrogen (secondary N) is 1. The van der Waals surface area contributed by atoms with Crippen LogP contribution in [0.3, 0.4) is 0 Å². The van der Waals surface area contributed by atoms with Gasteiger partial charge in [-0.15, -0.1) is 0 Å². The number of furan rings is 1. The highest BCUT2D eigenvalue weighted by Crippen LogP contribution is 2.24. The fraction of sp³-hybridized carbons (Fsp3) is 0.312. The van der Waals surface area contributed by atoms with Gasteiger partial charge in [0.2, 0.25) is 0 Å². The fourth-order valence-electron chi connectivity index (χ4n) is 2.53. The van der Waals surface area contributed by atoms with Crippen LogP contribution in [0.2, 0.25) is 0 Å². The second-order valence-electron chi connectivity index (χ2n) is 5.39. The van der Waals surface area contributed by atoms with E-state index in [2.05, 4.69) is 10.2 Å². The highest BCUT2D eigenvalue weighted by atomic mass is 16.5. The summed E-state index contributed by atoms with van der Waals surface area (Å²) in [6.07, 6.45) is 6.59. The highest BCUT2D eigenvalue weighted by Gasteiger charge is 2.22. The number of pyridine rings is 1. The highest BCUT2D eigenvalue weighted by molar-refractivity contribution is 5.95. The molecule has 0 unspecified atom stereocenters. The lowest BCUT2D eigenvalue weighted by Gasteiger charge is -2.18. The molecule has 0 amide bonds. The van der Waals surface area contributed by atoms with Crippen molar-refractivity contribution in [3.05, 3.63) is 52.5 Å². The smallest absolute Gasteiger partial charge is 0.341 e. The third-order valence-electron chi connectivity index (χ3n) is 3.88. The van der Waals surface area contributed by atoms with Crippen molar-refractivity contribution in [2.75, 3.05) is 7.11 Å². The first-order chi connectivity index (χ1) is 11.1. The number of aromatic amines is 1. The standard InChI is InChI=1S/C16H17N3O4/c1-10(5-6-11-4-3-7-23-11)19-8-12-14(17-18-15(12)20)13(9-19)16(21)22-2/h3-4,7-10H,5-6H2,1-2H3,(H,18,20)/t10-/m1/s1. The minimum absolute atomic E-state index is 0.0715. The van der Waals surface area contributed by atoms with Gasteiger partial charge in [0, 0.05) is 24.9 Å². The van der Waals surface area contributed by atoms with Crippen molar-refractivity contribution in [2.45, 2.75) is 25.8 Å². The van der Waals surface area contributed by atoms with E-state index in [9.17, 15) is 9.59 Å². The van der Waals surface area contributed by atoms with E-state index in [4.69, 9.17) is 9.15 Å². The van der Waals surface area contributed by atoms with Crippen molar-refractivity contribution in [3.8, 4) is 11.3 Å². The van der Waals surface area contributed by atoms with Crippen molar-refractivity contribution in [2.24, 2.45) is 0 Å². The monoisotopic (exact) mass is 315 g/mol. The van der Waals surface area contributed by atoms with Crippen LogP contribution in [-0.2, 0) is 11.2 Å². The van der Waals surface area contributed by atoms with Crippen molar-refractivity contribution >= 4 is 5.97 Å². The number of fused-ring (bicyclic) bond motifs is 1. The molecule has 0 saturated heterocycles. The van der Waals surface area contributed by atoms with Gasteiger partial charge in [0.15, 0.2) is 0 Å². The predicted octanol–water partition coefficient (Wildman–Crippen LogP) is 2.25. The number of hydrogen-bond acceptors (Lipinski definition) is 5. The van der Waals surface area contributed by atoms with Gasteiger partial charge < -0.3 is 13.7 Å². The van der Waals surface area contributed by atoms with Crippen LogP contribution >= 0.6 is 0 Å². The number of hydrogen-bond donors (Lipinski definition) is 1. The lowest BCUT2D eigenvalue weighted by atomic mass is 10.1. The minimum atomic E-state index is -0.519. The molecule has 2 aliphatic heterocycles. The first-order valence-corrected chi connectivity index (χ1v) is 7.30. The Balaban J connectivity index is 1.93. The Morgan fingerprint density at radius 2 is 2.30 bits per heavy atom. The Labute approximate surface area is 132 Å². The molecule has 120 valence electrons. The molecule has 0 spiro atoms. The maximum atomic E-state index is 11.9. The molecule has 1 aromatic rings. The van der Waals surface area contributed by atoms with Crippen LogP contribution in [0.1, 0.15) is 35.5 Å². The van der Waals surface area contributed by atoms with Gasteiger partial charge in [-0.2, -0.15) is 5.10 Å². The molecule has 7 heteroatoms. The number of methoxy groups -OCH3 is 1. The van der Waals surface area contributed by atoms with E-state index >= 15 is 0 Å². The normalized spacial score (nSPS) is 12.4. The molecule has 1 aromatic heterocycles. The molecule has 1 atom stereocenters. The average Bonchev–Trinajstić information content (AvgIpc) is 3.21. The van der Waals surface area contributed by atoms with Crippen molar-refractivity contribution in [1.29, 1.82) is 0 Å². The molecule has 7 nitrogen and oxygen atoms in total. The Morgan fingerprint density at radius 3 is 3.00 bits per heavy atom. The Morgan fingerprint density at radius 1 is 1.48 bits per heavy atom. The topological polar surface area (TPSA) is 90.1 Å². The third kappa shape index (κ3) is 2.90. The molecule has 0 bridgehead atoms. The minimum Gasteiger partial charge on any atom is -0.469 e. The van der Waals surface area contributed by atoms with Gasteiger partial charge in [0.05, 0.1) is 18.9 Å². The van der Waals surface area contributed by atoms with Gasteiger partial charge in [-0.25, -0.2) is 9.89 Å². The van der Waals surface area contributed by atoms with E-state index in [0.29, 0.717) is 11.3 Å². The van der Waals surface area contributed by atoms with Crippen molar-refractivity contribution in [1.82, 2.24) is 14.8 Å². The molecule has 0 radical (unpaired) electrons. The molecule has 3 heterocycles. The number of ether oxygens (including phenoxy) is 1. The number of esters is 1. The summed E-state index contributed by atoms with van der Waals surface area (Å²) in [5.41, 5.74) is 0.653. The second-order valence-corrected chi connectivity index (χ2v) is 5.39. The molecule has 1 N–H and O–H groups in total. The summed E-state index contributed by atoms with van der Waals surface area (Å²) in [4.78, 5) is 23.8. The summed E-state index contributed by atoms with van der Waals surface area (Å²) in [5, 5.41) is 6.28. The summed E-state index contributed by atoms with van der Waals surface area (Å²) in [6.45, 7) is 2.01. The van der Waals surface area contributed by atoms with E-state index in [1.165, 1.54) is 7.11 Å². The van der Waals surface area contributed by atoms with Crippen LogP contribution in [0.25, 0.3) is 11.3 Å². The van der Waals surface area contributed by atoms with Gasteiger partial charge >= 0.3 is 5.97 Å². The quantitative estimate of drug-likeness (QED) is 0.729. The Hall–Kier alpha value is -2.83. The summed E-state index contributed by atoms with van der Waals surface area (Å²) < 4.78 is 12.0. The van der Waals surface area contributed by atoms with E-state index in [1.807, 2.05) is 23.6 Å². The van der Waals surface area contributed by atoms with Gasteiger partial charge in [0.25, 0.3) is 5.56 Å². The summed E-state index contributed by atoms with van der Waals surface area (Å²) in [7, 11) is 1.30. The molecule has 0 fully saturated rings. The van der Waals surface area contributed by atoms with Crippen molar-refractivity contribution < 1.29 is 13.9 Å². The molecule has 23 heavy (non-hydrogen) atoms. The lowest BCUT2D eigenvalue weighted by molar-refractivity contribution is 0.0600. The van der Waals surface area contributed by atoms with E-state index in [1.54, 1.807) is 18.7 Å². The number of carbonyl (C=O) groups excluding carboxylic acids is 1. The number of rotatable bonds is 5. The van der Waals surface area contributed by atoms with E-state index in [0.717, 1.165) is 18.6 Å². The Bertz CT molecular complexity index is 832. The maximum Gasteiger partial charge on any atom is 0.341 e. The van der Waals surface area contributed by atoms with Gasteiger partial charge in [-0.1, -0.05) is 0 Å².